The Morgan fingerprint density at radius 1 is 0.960 bits per heavy atom. The van der Waals surface area contributed by atoms with Gasteiger partial charge in [-0.05, 0) is 38.0 Å². The number of aryl methyl sites for hydroxylation is 1. The van der Waals surface area contributed by atoms with Crippen molar-refractivity contribution in [2.75, 3.05) is 39.8 Å². The standard InChI is InChI=1S/C20H32N2O3/c1-4-21(5-2)15-9-16-22(17-14-20(24)25-3)19(23)13-12-18-10-7-6-8-11-18/h6-8,10-11H,4-5,9,12-17H2,1-3H3. The maximum Gasteiger partial charge on any atom is 0.307 e. The van der Waals surface area contributed by atoms with Gasteiger partial charge in [-0.3, -0.25) is 9.59 Å². The van der Waals surface area contributed by atoms with Gasteiger partial charge in [0.05, 0.1) is 13.5 Å². The van der Waals surface area contributed by atoms with Crippen LogP contribution < -0.4 is 0 Å². The quantitative estimate of drug-likeness (QED) is 0.545. The van der Waals surface area contributed by atoms with Gasteiger partial charge >= 0.3 is 5.97 Å². The number of amides is 1. The van der Waals surface area contributed by atoms with Crippen molar-refractivity contribution in [3.05, 3.63) is 35.9 Å². The van der Waals surface area contributed by atoms with E-state index in [9.17, 15) is 9.59 Å². The Labute approximate surface area is 151 Å². The first-order chi connectivity index (χ1) is 12.1. The summed E-state index contributed by atoms with van der Waals surface area (Å²) >= 11 is 0. The van der Waals surface area contributed by atoms with Crippen molar-refractivity contribution in [3.63, 3.8) is 0 Å². The molecule has 0 radical (unpaired) electrons. The van der Waals surface area contributed by atoms with Gasteiger partial charge in [-0.1, -0.05) is 44.2 Å². The highest BCUT2D eigenvalue weighted by atomic mass is 16.5. The smallest absolute Gasteiger partial charge is 0.307 e. The molecule has 0 saturated heterocycles. The van der Waals surface area contributed by atoms with Crippen molar-refractivity contribution >= 4 is 11.9 Å². The second-order valence-electron chi connectivity index (χ2n) is 6.07. The van der Waals surface area contributed by atoms with E-state index in [-0.39, 0.29) is 18.3 Å². The van der Waals surface area contributed by atoms with Crippen LogP contribution in [-0.2, 0) is 20.7 Å². The molecule has 0 saturated carbocycles. The molecule has 5 heteroatoms. The van der Waals surface area contributed by atoms with Crippen LogP contribution >= 0.6 is 0 Å². The molecule has 5 nitrogen and oxygen atoms in total. The number of rotatable bonds is 12. The summed E-state index contributed by atoms with van der Waals surface area (Å²) in [4.78, 5) is 28.2. The first-order valence-corrected chi connectivity index (χ1v) is 9.21. The van der Waals surface area contributed by atoms with Crippen LogP contribution in [0, 0.1) is 0 Å². The van der Waals surface area contributed by atoms with Gasteiger partial charge in [0.25, 0.3) is 0 Å². The van der Waals surface area contributed by atoms with E-state index in [4.69, 9.17) is 4.74 Å². The number of nitrogens with zero attached hydrogens (tertiary/aromatic N) is 2. The molecule has 0 bridgehead atoms. The fourth-order valence-corrected chi connectivity index (χ4v) is 2.77. The van der Waals surface area contributed by atoms with Gasteiger partial charge in [-0.25, -0.2) is 0 Å². The van der Waals surface area contributed by atoms with Gasteiger partial charge in [0.15, 0.2) is 0 Å². The molecule has 1 amide bonds. The number of ether oxygens (including phenoxy) is 1. The second-order valence-corrected chi connectivity index (χ2v) is 6.07. The second kappa shape index (κ2) is 12.5. The molecule has 140 valence electrons. The molecule has 0 N–H and O–H groups in total. The summed E-state index contributed by atoms with van der Waals surface area (Å²) in [6, 6.07) is 10.0. The Kier molecular flexibility index (Phi) is 10.6. The summed E-state index contributed by atoms with van der Waals surface area (Å²) < 4.78 is 4.70. The normalized spacial score (nSPS) is 10.7. The molecule has 25 heavy (non-hydrogen) atoms. The van der Waals surface area contributed by atoms with Crippen LogP contribution in [0.5, 0.6) is 0 Å². The van der Waals surface area contributed by atoms with Crippen molar-refractivity contribution in [3.8, 4) is 0 Å². The number of carbonyl (C=O) groups is 2. The van der Waals surface area contributed by atoms with Crippen LogP contribution in [0.15, 0.2) is 30.3 Å². The van der Waals surface area contributed by atoms with Gasteiger partial charge in [-0.15, -0.1) is 0 Å². The van der Waals surface area contributed by atoms with E-state index < -0.39 is 0 Å². The maximum absolute atomic E-state index is 12.6. The molecule has 0 heterocycles. The van der Waals surface area contributed by atoms with Gasteiger partial charge in [0.1, 0.15) is 0 Å². The number of hydrogen-bond donors (Lipinski definition) is 0. The lowest BCUT2D eigenvalue weighted by molar-refractivity contribution is -0.141. The molecule has 1 aromatic rings. The van der Waals surface area contributed by atoms with Gasteiger partial charge < -0.3 is 14.5 Å². The minimum Gasteiger partial charge on any atom is -0.469 e. The molecule has 1 rings (SSSR count). The number of benzene rings is 1. The molecule has 0 fully saturated rings. The molecule has 0 aliphatic carbocycles. The van der Waals surface area contributed by atoms with Crippen LogP contribution in [0.1, 0.15) is 38.7 Å². The predicted octanol–water partition coefficient (Wildman–Crippen LogP) is 2.74. The average molecular weight is 348 g/mol. The first-order valence-electron chi connectivity index (χ1n) is 9.21. The van der Waals surface area contributed by atoms with Crippen LogP contribution in [0.2, 0.25) is 0 Å². The van der Waals surface area contributed by atoms with Crippen molar-refractivity contribution in [2.24, 2.45) is 0 Å². The van der Waals surface area contributed by atoms with Crippen LogP contribution in [0.25, 0.3) is 0 Å². The maximum atomic E-state index is 12.6. The topological polar surface area (TPSA) is 49.9 Å². The SMILES string of the molecule is CCN(CC)CCCN(CCC(=O)OC)C(=O)CCc1ccccc1. The molecule has 0 aliphatic rings. The number of hydrogen-bond acceptors (Lipinski definition) is 4. The highest BCUT2D eigenvalue weighted by Crippen LogP contribution is 2.07. The van der Waals surface area contributed by atoms with Gasteiger partial charge in [0.2, 0.25) is 5.91 Å². The monoisotopic (exact) mass is 348 g/mol. The zero-order valence-corrected chi connectivity index (χ0v) is 15.9. The third-order valence-electron chi connectivity index (χ3n) is 4.43. The predicted molar refractivity (Wildman–Crippen MR) is 100 cm³/mol. The Morgan fingerprint density at radius 3 is 2.24 bits per heavy atom. The highest BCUT2D eigenvalue weighted by molar-refractivity contribution is 5.77. The molecule has 0 aromatic heterocycles. The van der Waals surface area contributed by atoms with E-state index in [0.29, 0.717) is 19.5 Å². The van der Waals surface area contributed by atoms with Crippen molar-refractivity contribution in [1.82, 2.24) is 9.80 Å². The van der Waals surface area contributed by atoms with E-state index in [1.807, 2.05) is 35.2 Å². The fraction of sp³-hybridized carbons (Fsp3) is 0.600. The summed E-state index contributed by atoms with van der Waals surface area (Å²) in [6.07, 6.45) is 2.36. The van der Waals surface area contributed by atoms with E-state index in [1.54, 1.807) is 0 Å². The fourth-order valence-electron chi connectivity index (χ4n) is 2.77. The lowest BCUT2D eigenvalue weighted by Gasteiger charge is -2.24. The Balaban J connectivity index is 2.52. The van der Waals surface area contributed by atoms with E-state index >= 15 is 0 Å². The summed E-state index contributed by atoms with van der Waals surface area (Å²) in [5, 5.41) is 0. The Bertz CT molecular complexity index is 501. The molecular weight excluding hydrogens is 316 g/mol. The van der Waals surface area contributed by atoms with Gasteiger partial charge in [0, 0.05) is 19.5 Å². The largest absolute Gasteiger partial charge is 0.469 e. The lowest BCUT2D eigenvalue weighted by atomic mass is 10.1. The van der Waals surface area contributed by atoms with E-state index in [1.165, 1.54) is 7.11 Å². The highest BCUT2D eigenvalue weighted by Gasteiger charge is 2.15. The summed E-state index contributed by atoms with van der Waals surface area (Å²) in [6.45, 7) is 8.39. The number of methoxy groups -OCH3 is 1. The minimum absolute atomic E-state index is 0.104. The molecular formula is C20H32N2O3. The van der Waals surface area contributed by atoms with Crippen molar-refractivity contribution in [2.45, 2.75) is 39.5 Å². The zero-order chi connectivity index (χ0) is 18.5. The minimum atomic E-state index is -0.274. The van der Waals surface area contributed by atoms with Gasteiger partial charge in [-0.2, -0.15) is 0 Å². The van der Waals surface area contributed by atoms with Crippen molar-refractivity contribution in [1.29, 1.82) is 0 Å². The summed E-state index contributed by atoms with van der Waals surface area (Å²) in [5.74, 6) is -0.170. The molecule has 0 aliphatic heterocycles. The van der Waals surface area contributed by atoms with Crippen LogP contribution in [0.3, 0.4) is 0 Å². The molecule has 0 atom stereocenters. The first kappa shape index (κ1) is 21.2. The third-order valence-corrected chi connectivity index (χ3v) is 4.43. The van der Waals surface area contributed by atoms with Crippen LogP contribution in [-0.4, -0.2) is 61.5 Å². The van der Waals surface area contributed by atoms with E-state index in [0.717, 1.165) is 38.0 Å². The number of carbonyl (C=O) groups excluding carboxylic acids is 2. The molecule has 0 spiro atoms. The Hall–Kier alpha value is -1.88. The number of esters is 1. The summed E-state index contributed by atoms with van der Waals surface area (Å²) in [5.41, 5.74) is 1.16. The molecule has 0 unspecified atom stereocenters. The van der Waals surface area contributed by atoms with E-state index in [2.05, 4.69) is 18.7 Å². The third kappa shape index (κ3) is 8.68. The zero-order valence-electron chi connectivity index (χ0n) is 15.9. The van der Waals surface area contributed by atoms with Crippen molar-refractivity contribution < 1.29 is 14.3 Å². The Morgan fingerprint density at radius 2 is 1.64 bits per heavy atom. The summed E-state index contributed by atoms with van der Waals surface area (Å²) in [7, 11) is 1.38. The average Bonchev–Trinajstić information content (AvgIpc) is 2.66. The lowest BCUT2D eigenvalue weighted by Crippen LogP contribution is -2.36. The molecule has 1 aromatic carbocycles. The van der Waals surface area contributed by atoms with Crippen LogP contribution in [0.4, 0.5) is 0 Å².